The number of aromatic nitrogens is 2. The topological polar surface area (TPSA) is 57.8 Å². The van der Waals surface area contributed by atoms with Gasteiger partial charge >= 0.3 is 0 Å². The van der Waals surface area contributed by atoms with Crippen LogP contribution in [0.15, 0.2) is 35.3 Å². The molecule has 0 aliphatic rings. The third kappa shape index (κ3) is 3.62. The highest BCUT2D eigenvalue weighted by molar-refractivity contribution is 5.37. The predicted octanol–water partition coefficient (Wildman–Crippen LogP) is 0.897. The minimum atomic E-state index is -0.763. The zero-order valence-corrected chi connectivity index (χ0v) is 11.5. The lowest BCUT2D eigenvalue weighted by Crippen LogP contribution is -2.36. The summed E-state index contributed by atoms with van der Waals surface area (Å²) in [6.07, 6.45) is 1.70. The van der Waals surface area contributed by atoms with Gasteiger partial charge in [-0.2, -0.15) is 0 Å². The lowest BCUT2D eigenvalue weighted by atomic mass is 10.1. The van der Waals surface area contributed by atoms with E-state index in [-0.39, 0.29) is 5.56 Å². The van der Waals surface area contributed by atoms with Gasteiger partial charge in [0, 0.05) is 25.4 Å². The Morgan fingerprint density at radius 2 is 2.16 bits per heavy atom. The van der Waals surface area contributed by atoms with Gasteiger partial charge in [-0.25, -0.2) is 4.98 Å². The quantitative estimate of drug-likeness (QED) is 0.888. The highest BCUT2D eigenvalue weighted by atomic mass is 16.3. The van der Waals surface area contributed by atoms with Crippen molar-refractivity contribution < 1.29 is 5.11 Å². The molecule has 2 aromatic rings. The van der Waals surface area contributed by atoms with Crippen LogP contribution in [-0.4, -0.2) is 38.6 Å². The highest BCUT2D eigenvalue weighted by Gasteiger charge is 2.16. The Kier molecular flexibility index (Phi) is 3.68. The molecule has 0 saturated carbocycles. The maximum atomic E-state index is 11.9. The van der Waals surface area contributed by atoms with Crippen molar-refractivity contribution in [3.05, 3.63) is 46.5 Å². The third-order valence-corrected chi connectivity index (χ3v) is 2.71. The van der Waals surface area contributed by atoms with E-state index in [9.17, 15) is 9.90 Å². The Balaban J connectivity index is 2.24. The number of pyridine rings is 1. The fourth-order valence-corrected chi connectivity index (χ4v) is 2.18. The molecule has 0 atom stereocenters. The van der Waals surface area contributed by atoms with E-state index in [2.05, 4.69) is 4.98 Å². The smallest absolute Gasteiger partial charge is 0.258 e. The second-order valence-corrected chi connectivity index (χ2v) is 5.50. The molecule has 0 spiro atoms. The van der Waals surface area contributed by atoms with Crippen LogP contribution in [0.2, 0.25) is 0 Å². The van der Waals surface area contributed by atoms with Gasteiger partial charge < -0.3 is 5.11 Å². The summed E-state index contributed by atoms with van der Waals surface area (Å²) in [5.41, 5.74) is 0.502. The molecule has 0 unspecified atom stereocenters. The lowest BCUT2D eigenvalue weighted by molar-refractivity contribution is 0.0422. The normalized spacial score (nSPS) is 12.3. The number of fused-ring (bicyclic) bond motifs is 1. The Hall–Kier alpha value is -1.72. The van der Waals surface area contributed by atoms with Gasteiger partial charge in [0.05, 0.1) is 11.3 Å². The summed E-state index contributed by atoms with van der Waals surface area (Å²) in [4.78, 5) is 18.3. The van der Waals surface area contributed by atoms with E-state index in [4.69, 9.17) is 0 Å². The van der Waals surface area contributed by atoms with Crippen molar-refractivity contribution in [1.82, 2.24) is 14.3 Å². The van der Waals surface area contributed by atoms with Crippen LogP contribution in [0.25, 0.3) is 5.65 Å². The molecule has 0 amide bonds. The van der Waals surface area contributed by atoms with E-state index in [0.29, 0.717) is 24.4 Å². The molecule has 102 valence electrons. The van der Waals surface area contributed by atoms with Gasteiger partial charge in [-0.05, 0) is 33.0 Å². The molecule has 2 rings (SSSR count). The van der Waals surface area contributed by atoms with Crippen molar-refractivity contribution in [2.45, 2.75) is 26.0 Å². The maximum Gasteiger partial charge on any atom is 0.258 e. The molecule has 0 aliphatic carbocycles. The SMILES string of the molecule is CN(Cc1cc(=O)n2ccccc2n1)CC(C)(C)O. The molecule has 5 heteroatoms. The van der Waals surface area contributed by atoms with Crippen LogP contribution in [0, 0.1) is 0 Å². The van der Waals surface area contributed by atoms with Gasteiger partial charge in [-0.1, -0.05) is 6.07 Å². The molecule has 19 heavy (non-hydrogen) atoms. The molecular weight excluding hydrogens is 242 g/mol. The predicted molar refractivity (Wildman–Crippen MR) is 74.1 cm³/mol. The molecule has 0 fully saturated rings. The van der Waals surface area contributed by atoms with Gasteiger partial charge in [-0.3, -0.25) is 14.1 Å². The first-order chi connectivity index (χ1) is 8.85. The molecule has 0 aromatic carbocycles. The van der Waals surface area contributed by atoms with E-state index in [1.165, 1.54) is 10.5 Å². The van der Waals surface area contributed by atoms with Gasteiger partial charge in [0.25, 0.3) is 5.56 Å². The average molecular weight is 261 g/mol. The Bertz CT molecular complexity index is 628. The summed E-state index contributed by atoms with van der Waals surface area (Å²) in [5.74, 6) is 0. The highest BCUT2D eigenvalue weighted by Crippen LogP contribution is 2.06. The van der Waals surface area contributed by atoms with Crippen LogP contribution in [0.5, 0.6) is 0 Å². The standard InChI is InChI=1S/C14H19N3O2/c1-14(2,19)10-16(3)9-11-8-13(18)17-7-5-4-6-12(17)15-11/h4-8,19H,9-10H2,1-3H3. The van der Waals surface area contributed by atoms with Crippen LogP contribution >= 0.6 is 0 Å². The molecular formula is C14H19N3O2. The van der Waals surface area contributed by atoms with E-state index in [1.54, 1.807) is 32.2 Å². The van der Waals surface area contributed by atoms with E-state index in [1.807, 2.05) is 18.0 Å². The molecule has 2 aromatic heterocycles. The summed E-state index contributed by atoms with van der Waals surface area (Å²) < 4.78 is 1.51. The zero-order chi connectivity index (χ0) is 14.0. The summed E-state index contributed by atoms with van der Waals surface area (Å²) in [7, 11) is 1.90. The summed E-state index contributed by atoms with van der Waals surface area (Å²) >= 11 is 0. The van der Waals surface area contributed by atoms with Crippen LogP contribution in [-0.2, 0) is 6.54 Å². The first kappa shape index (κ1) is 13.7. The lowest BCUT2D eigenvalue weighted by Gasteiger charge is -2.25. The molecule has 2 heterocycles. The summed E-state index contributed by atoms with van der Waals surface area (Å²) in [5, 5.41) is 9.76. The maximum absolute atomic E-state index is 11.9. The van der Waals surface area contributed by atoms with Crippen molar-refractivity contribution in [3.63, 3.8) is 0 Å². The number of nitrogens with zero attached hydrogens (tertiary/aromatic N) is 3. The number of hydrogen-bond acceptors (Lipinski definition) is 4. The molecule has 0 saturated heterocycles. The van der Waals surface area contributed by atoms with Gasteiger partial charge in [0.15, 0.2) is 0 Å². The van der Waals surface area contributed by atoms with Crippen molar-refractivity contribution in [2.75, 3.05) is 13.6 Å². The van der Waals surface area contributed by atoms with Crippen LogP contribution < -0.4 is 5.56 Å². The van der Waals surface area contributed by atoms with Crippen LogP contribution in [0.1, 0.15) is 19.5 Å². The van der Waals surface area contributed by atoms with Gasteiger partial charge in [0.1, 0.15) is 5.65 Å². The van der Waals surface area contributed by atoms with E-state index < -0.39 is 5.60 Å². The monoisotopic (exact) mass is 261 g/mol. The number of aliphatic hydroxyl groups is 1. The largest absolute Gasteiger partial charge is 0.389 e. The van der Waals surface area contributed by atoms with Gasteiger partial charge in [-0.15, -0.1) is 0 Å². The minimum Gasteiger partial charge on any atom is -0.389 e. The van der Waals surface area contributed by atoms with E-state index >= 15 is 0 Å². The van der Waals surface area contributed by atoms with Crippen molar-refractivity contribution in [1.29, 1.82) is 0 Å². The van der Waals surface area contributed by atoms with Crippen molar-refractivity contribution in [3.8, 4) is 0 Å². The second kappa shape index (κ2) is 5.11. The Labute approximate surface area is 112 Å². The fraction of sp³-hybridized carbons (Fsp3) is 0.429. The van der Waals surface area contributed by atoms with E-state index in [0.717, 1.165) is 0 Å². The first-order valence-electron chi connectivity index (χ1n) is 6.23. The van der Waals surface area contributed by atoms with Crippen LogP contribution in [0.4, 0.5) is 0 Å². The second-order valence-electron chi connectivity index (χ2n) is 5.50. The summed E-state index contributed by atoms with van der Waals surface area (Å²) in [6.45, 7) is 4.56. The molecule has 0 aliphatic heterocycles. The van der Waals surface area contributed by atoms with Gasteiger partial charge in [0.2, 0.25) is 0 Å². The number of hydrogen-bond donors (Lipinski definition) is 1. The van der Waals surface area contributed by atoms with Crippen molar-refractivity contribution >= 4 is 5.65 Å². The first-order valence-corrected chi connectivity index (χ1v) is 6.23. The number of likely N-dealkylation sites (N-methyl/N-ethyl adjacent to an activating group) is 1. The Morgan fingerprint density at radius 3 is 2.84 bits per heavy atom. The number of rotatable bonds is 4. The minimum absolute atomic E-state index is 0.0859. The van der Waals surface area contributed by atoms with Crippen LogP contribution in [0.3, 0.4) is 0 Å². The molecule has 1 N–H and O–H groups in total. The Morgan fingerprint density at radius 1 is 1.42 bits per heavy atom. The average Bonchev–Trinajstić information content (AvgIpc) is 2.26. The molecule has 0 radical (unpaired) electrons. The summed E-state index contributed by atoms with van der Waals surface area (Å²) in [6, 6.07) is 7.00. The zero-order valence-electron chi connectivity index (χ0n) is 11.5. The molecule has 0 bridgehead atoms. The van der Waals surface area contributed by atoms with Crippen molar-refractivity contribution in [2.24, 2.45) is 0 Å². The molecule has 5 nitrogen and oxygen atoms in total. The third-order valence-electron chi connectivity index (χ3n) is 2.71. The fourth-order valence-electron chi connectivity index (χ4n) is 2.18.